The molecule has 1 heteroatoms. The highest BCUT2D eigenvalue weighted by Crippen LogP contribution is 2.01. The maximum Gasteiger partial charge on any atom is 0.0252 e. The van der Waals surface area contributed by atoms with Crippen LogP contribution in [0.25, 0.3) is 0 Å². The van der Waals surface area contributed by atoms with E-state index in [-0.39, 0.29) is 0 Å². The second kappa shape index (κ2) is 6.41. The number of likely N-dealkylation sites (N-methyl/N-ethyl adjacent to an activating group) is 1. The molecular formula is C10H21N. The van der Waals surface area contributed by atoms with Gasteiger partial charge in [-0.15, -0.1) is 0 Å². The summed E-state index contributed by atoms with van der Waals surface area (Å²) in [6.07, 6.45) is 4.81. The first kappa shape index (κ1) is 10.7. The highest BCUT2D eigenvalue weighted by Gasteiger charge is 1.99. The fourth-order valence-electron chi connectivity index (χ4n) is 1.22. The Bertz CT molecular complexity index is 106. The summed E-state index contributed by atoms with van der Waals surface area (Å²) in [7, 11) is 0. The van der Waals surface area contributed by atoms with E-state index in [1.807, 2.05) is 0 Å². The van der Waals surface area contributed by atoms with Crippen LogP contribution in [0.1, 0.15) is 40.5 Å². The van der Waals surface area contributed by atoms with Gasteiger partial charge in [0.25, 0.3) is 0 Å². The molecule has 11 heavy (non-hydrogen) atoms. The molecule has 0 fully saturated rings. The van der Waals surface area contributed by atoms with Gasteiger partial charge in [-0.25, -0.2) is 0 Å². The average molecular weight is 155 g/mol. The molecule has 1 atom stereocenters. The van der Waals surface area contributed by atoms with E-state index in [4.69, 9.17) is 0 Å². The van der Waals surface area contributed by atoms with Gasteiger partial charge in [-0.3, -0.25) is 0 Å². The van der Waals surface area contributed by atoms with Crippen LogP contribution in [0.5, 0.6) is 0 Å². The molecule has 0 aliphatic carbocycles. The Balaban J connectivity index is 3.78. The minimum Gasteiger partial charge on any atom is -0.311 e. The summed E-state index contributed by atoms with van der Waals surface area (Å²) in [5, 5.41) is 3.44. The third-order valence-electron chi connectivity index (χ3n) is 1.60. The SMILES string of the molecule is CCCC(C=C(C)C)NCC. The van der Waals surface area contributed by atoms with Crippen molar-refractivity contribution < 1.29 is 0 Å². The molecule has 0 aromatic carbocycles. The van der Waals surface area contributed by atoms with E-state index in [2.05, 4.69) is 39.1 Å². The summed E-state index contributed by atoms with van der Waals surface area (Å²) in [4.78, 5) is 0. The lowest BCUT2D eigenvalue weighted by Crippen LogP contribution is -2.26. The minimum absolute atomic E-state index is 0.593. The molecule has 66 valence electrons. The molecule has 0 rings (SSSR count). The van der Waals surface area contributed by atoms with Crippen LogP contribution in [0, 0.1) is 0 Å². The molecule has 0 radical (unpaired) electrons. The van der Waals surface area contributed by atoms with Crippen LogP contribution < -0.4 is 5.32 Å². The topological polar surface area (TPSA) is 12.0 Å². The van der Waals surface area contributed by atoms with E-state index in [9.17, 15) is 0 Å². The van der Waals surface area contributed by atoms with Crippen molar-refractivity contribution in [2.75, 3.05) is 6.54 Å². The van der Waals surface area contributed by atoms with Crippen molar-refractivity contribution >= 4 is 0 Å². The van der Waals surface area contributed by atoms with Crippen LogP contribution >= 0.6 is 0 Å². The van der Waals surface area contributed by atoms with Gasteiger partial charge in [0.1, 0.15) is 0 Å². The lowest BCUT2D eigenvalue weighted by Gasteiger charge is -2.12. The Morgan fingerprint density at radius 1 is 1.36 bits per heavy atom. The zero-order valence-corrected chi connectivity index (χ0v) is 8.28. The summed E-state index contributed by atoms with van der Waals surface area (Å²) >= 11 is 0. The van der Waals surface area contributed by atoms with Crippen LogP contribution in [-0.2, 0) is 0 Å². The van der Waals surface area contributed by atoms with Gasteiger partial charge in [0, 0.05) is 6.04 Å². The number of allylic oxidation sites excluding steroid dienone is 1. The first-order valence-electron chi connectivity index (χ1n) is 4.59. The highest BCUT2D eigenvalue weighted by atomic mass is 14.9. The van der Waals surface area contributed by atoms with Crippen molar-refractivity contribution in [3.05, 3.63) is 11.6 Å². The van der Waals surface area contributed by atoms with E-state index < -0.39 is 0 Å². The van der Waals surface area contributed by atoms with Crippen LogP contribution in [0.15, 0.2) is 11.6 Å². The Morgan fingerprint density at radius 2 is 2.00 bits per heavy atom. The quantitative estimate of drug-likeness (QED) is 0.602. The predicted molar refractivity (Wildman–Crippen MR) is 51.8 cm³/mol. The van der Waals surface area contributed by atoms with E-state index in [0.29, 0.717) is 6.04 Å². The summed E-state index contributed by atoms with van der Waals surface area (Å²) in [5.74, 6) is 0. The van der Waals surface area contributed by atoms with E-state index in [0.717, 1.165) is 6.54 Å². The molecule has 0 bridgehead atoms. The van der Waals surface area contributed by atoms with Gasteiger partial charge in [0.05, 0.1) is 0 Å². The molecule has 1 unspecified atom stereocenters. The summed E-state index contributed by atoms with van der Waals surface area (Å²) in [6, 6.07) is 0.593. The maximum absolute atomic E-state index is 3.44. The molecule has 1 N–H and O–H groups in total. The molecule has 0 aliphatic heterocycles. The molecular weight excluding hydrogens is 134 g/mol. The number of hydrogen-bond donors (Lipinski definition) is 1. The molecule has 0 aliphatic rings. The summed E-state index contributed by atoms with van der Waals surface area (Å²) in [6.45, 7) is 9.75. The number of rotatable bonds is 5. The van der Waals surface area contributed by atoms with Gasteiger partial charge in [-0.05, 0) is 26.8 Å². The molecule has 0 heterocycles. The zero-order valence-electron chi connectivity index (χ0n) is 8.28. The molecule has 1 nitrogen and oxygen atoms in total. The second-order valence-electron chi connectivity index (χ2n) is 3.20. The van der Waals surface area contributed by atoms with Crippen molar-refractivity contribution in [2.24, 2.45) is 0 Å². The highest BCUT2D eigenvalue weighted by molar-refractivity contribution is 5.00. The number of hydrogen-bond acceptors (Lipinski definition) is 1. The third kappa shape index (κ3) is 6.11. The monoisotopic (exact) mass is 155 g/mol. The average Bonchev–Trinajstić information content (AvgIpc) is 1.87. The predicted octanol–water partition coefficient (Wildman–Crippen LogP) is 2.73. The van der Waals surface area contributed by atoms with Gasteiger partial charge in [-0.1, -0.05) is 31.9 Å². The van der Waals surface area contributed by atoms with Crippen molar-refractivity contribution in [1.82, 2.24) is 5.32 Å². The maximum atomic E-state index is 3.44. The van der Waals surface area contributed by atoms with Crippen LogP contribution in [0.2, 0.25) is 0 Å². The fraction of sp³-hybridized carbons (Fsp3) is 0.800. The van der Waals surface area contributed by atoms with Gasteiger partial charge in [-0.2, -0.15) is 0 Å². The third-order valence-corrected chi connectivity index (χ3v) is 1.60. The standard InChI is InChI=1S/C10H21N/c1-5-7-10(11-6-2)8-9(3)4/h8,10-11H,5-7H2,1-4H3. The van der Waals surface area contributed by atoms with Crippen LogP contribution in [-0.4, -0.2) is 12.6 Å². The second-order valence-corrected chi connectivity index (χ2v) is 3.20. The molecule has 0 saturated heterocycles. The fourth-order valence-corrected chi connectivity index (χ4v) is 1.22. The van der Waals surface area contributed by atoms with Crippen LogP contribution in [0.3, 0.4) is 0 Å². The van der Waals surface area contributed by atoms with Crippen molar-refractivity contribution in [3.8, 4) is 0 Å². The lowest BCUT2D eigenvalue weighted by atomic mass is 10.1. The lowest BCUT2D eigenvalue weighted by molar-refractivity contribution is 0.564. The van der Waals surface area contributed by atoms with Gasteiger partial charge in [0.15, 0.2) is 0 Å². The minimum atomic E-state index is 0.593. The Kier molecular flexibility index (Phi) is 6.24. The summed E-state index contributed by atoms with van der Waals surface area (Å²) < 4.78 is 0. The van der Waals surface area contributed by atoms with Gasteiger partial charge >= 0.3 is 0 Å². The van der Waals surface area contributed by atoms with Gasteiger partial charge in [0.2, 0.25) is 0 Å². The first-order chi connectivity index (χ1) is 5.20. The van der Waals surface area contributed by atoms with Crippen molar-refractivity contribution in [3.63, 3.8) is 0 Å². The van der Waals surface area contributed by atoms with Crippen molar-refractivity contribution in [1.29, 1.82) is 0 Å². The number of nitrogens with one attached hydrogen (secondary N) is 1. The molecule has 0 aromatic heterocycles. The summed E-state index contributed by atoms with van der Waals surface area (Å²) in [5.41, 5.74) is 1.41. The zero-order chi connectivity index (χ0) is 8.69. The van der Waals surface area contributed by atoms with E-state index in [1.54, 1.807) is 0 Å². The van der Waals surface area contributed by atoms with Crippen molar-refractivity contribution in [2.45, 2.75) is 46.6 Å². The van der Waals surface area contributed by atoms with E-state index >= 15 is 0 Å². The molecule has 0 saturated carbocycles. The Labute approximate surface area is 70.9 Å². The smallest absolute Gasteiger partial charge is 0.0252 e. The van der Waals surface area contributed by atoms with Gasteiger partial charge < -0.3 is 5.32 Å². The Hall–Kier alpha value is -0.300. The normalized spacial score (nSPS) is 12.7. The molecule has 0 amide bonds. The first-order valence-corrected chi connectivity index (χ1v) is 4.59. The molecule has 0 aromatic rings. The molecule has 0 spiro atoms. The van der Waals surface area contributed by atoms with Crippen LogP contribution in [0.4, 0.5) is 0 Å². The van der Waals surface area contributed by atoms with E-state index in [1.165, 1.54) is 18.4 Å². The Morgan fingerprint density at radius 3 is 2.36 bits per heavy atom. The largest absolute Gasteiger partial charge is 0.311 e.